The van der Waals surface area contributed by atoms with Gasteiger partial charge in [-0.15, -0.1) is 49.6 Å². The molecule has 2 aromatic heterocycles. The predicted molar refractivity (Wildman–Crippen MR) is 261 cm³/mol. The van der Waals surface area contributed by atoms with Crippen molar-refractivity contribution in [2.75, 3.05) is 0 Å². The highest BCUT2D eigenvalue weighted by molar-refractivity contribution is 6.31. The summed E-state index contributed by atoms with van der Waals surface area (Å²) in [5.74, 6) is -1.96. The van der Waals surface area contributed by atoms with Crippen molar-refractivity contribution >= 4 is 84.8 Å². The molecule has 2 heterocycles. The first-order chi connectivity index (χ1) is 25.6. The molecule has 8 nitrogen and oxygen atoms in total. The van der Waals surface area contributed by atoms with Crippen molar-refractivity contribution in [3.8, 4) is 22.3 Å². The monoisotopic (exact) mass is 948 g/mol. The average Bonchev–Trinajstić information content (AvgIpc) is 3.02. The van der Waals surface area contributed by atoms with Gasteiger partial charge in [-0.25, -0.2) is 9.59 Å². The van der Waals surface area contributed by atoms with Crippen LogP contribution in [0.1, 0.15) is 138 Å². The number of hydrogen-bond acceptors (Lipinski definition) is 6. The Morgan fingerprint density at radius 2 is 0.717 bits per heavy atom. The van der Waals surface area contributed by atoms with Gasteiger partial charge in [0.15, 0.2) is 0 Å². The fourth-order valence-electron chi connectivity index (χ4n) is 6.78. The van der Waals surface area contributed by atoms with E-state index >= 15 is 0 Å². The average molecular weight is 952 g/mol. The van der Waals surface area contributed by atoms with Crippen LogP contribution in [0.15, 0.2) is 48.5 Å². The van der Waals surface area contributed by atoms with Crippen LogP contribution in [0.25, 0.3) is 22.3 Å². The summed E-state index contributed by atoms with van der Waals surface area (Å²) in [5.41, 5.74) is 20.1. The maximum atomic E-state index is 12.3. The zero-order valence-corrected chi connectivity index (χ0v) is 41.8. The quantitative estimate of drug-likeness (QED) is 0.123. The molecule has 0 fully saturated rings. The van der Waals surface area contributed by atoms with E-state index in [0.29, 0.717) is 45.4 Å². The predicted octanol–water partition coefficient (Wildman–Crippen LogP) is 13.2. The number of nitrogens with two attached hydrogens (primary N) is 2. The molecule has 336 valence electrons. The molecule has 4 aromatic rings. The first kappa shape index (κ1) is 59.4. The summed E-state index contributed by atoms with van der Waals surface area (Å²) in [4.78, 5) is 34.4. The highest BCUT2D eigenvalue weighted by Gasteiger charge is 2.30. The second kappa shape index (κ2) is 23.7. The highest BCUT2D eigenvalue weighted by Crippen LogP contribution is 2.38. The fourth-order valence-corrected chi connectivity index (χ4v) is 7.03. The molecule has 2 aromatic carbocycles. The van der Waals surface area contributed by atoms with Crippen LogP contribution in [0.5, 0.6) is 0 Å². The maximum Gasteiger partial charge on any atom is 0.338 e. The Balaban J connectivity index is 0. The van der Waals surface area contributed by atoms with E-state index in [1.165, 1.54) is 0 Å². The molecule has 0 saturated carbocycles. The third-order valence-corrected chi connectivity index (χ3v) is 9.31. The van der Waals surface area contributed by atoms with Crippen molar-refractivity contribution in [3.05, 3.63) is 104 Å². The zero-order valence-electron chi connectivity index (χ0n) is 37.0. The fraction of sp³-hybridized carbons (Fsp3) is 0.478. The molecule has 0 amide bonds. The van der Waals surface area contributed by atoms with Gasteiger partial charge in [0.2, 0.25) is 0 Å². The number of aromatic nitrogens is 2. The van der Waals surface area contributed by atoms with Crippen LogP contribution in [0.3, 0.4) is 0 Å². The molecule has 6 N–H and O–H groups in total. The van der Waals surface area contributed by atoms with E-state index in [0.717, 1.165) is 46.5 Å². The number of carboxylic acid groups (broad SMARTS) is 2. The number of benzene rings is 2. The lowest BCUT2D eigenvalue weighted by molar-refractivity contribution is 0.0684. The second-order valence-electron chi connectivity index (χ2n) is 19.4. The van der Waals surface area contributed by atoms with Crippen LogP contribution in [-0.4, -0.2) is 32.1 Å². The molecule has 0 radical (unpaired) electrons. The minimum atomic E-state index is -0.978. The molecule has 14 heteroatoms. The molecular weight excluding hydrogens is 885 g/mol. The first-order valence-corrected chi connectivity index (χ1v) is 19.9. The Kier molecular flexibility index (Phi) is 23.5. The van der Waals surface area contributed by atoms with E-state index in [1.54, 1.807) is 24.3 Å². The van der Waals surface area contributed by atoms with Crippen molar-refractivity contribution in [1.82, 2.24) is 9.97 Å². The number of halogens is 6. The van der Waals surface area contributed by atoms with Gasteiger partial charge >= 0.3 is 11.9 Å². The van der Waals surface area contributed by atoms with E-state index in [-0.39, 0.29) is 95.5 Å². The topological polar surface area (TPSA) is 152 Å². The van der Waals surface area contributed by atoms with Gasteiger partial charge in [0.1, 0.15) is 0 Å². The smallest absolute Gasteiger partial charge is 0.338 e. The van der Waals surface area contributed by atoms with Crippen LogP contribution < -0.4 is 11.5 Å². The lowest BCUT2D eigenvalue weighted by Crippen LogP contribution is -2.22. The van der Waals surface area contributed by atoms with E-state index in [1.807, 2.05) is 24.3 Å². The molecule has 0 aliphatic rings. The lowest BCUT2D eigenvalue weighted by atomic mass is 9.82. The summed E-state index contributed by atoms with van der Waals surface area (Å²) in [5, 5.41) is 21.4. The summed E-state index contributed by atoms with van der Waals surface area (Å²) in [6.07, 6.45) is 2.57. The van der Waals surface area contributed by atoms with Crippen LogP contribution in [-0.2, 0) is 38.8 Å². The SMILES string of the molecule is CC(C)(C)Cc1nc(CC(C)(C)C)c(C(=O)O)c(-c2ccc(Cl)cc2)c1CN.CC(C)(C)Cc1nc(CC(C)(C)C)c(C(=O)O)c(-c2ccc(Cl)cc2)c1CN.Cl.Cl.Cl.Cl. The van der Waals surface area contributed by atoms with Crippen LogP contribution in [0, 0.1) is 21.7 Å². The summed E-state index contributed by atoms with van der Waals surface area (Å²) in [7, 11) is 0. The Bertz CT molecular complexity index is 1880. The normalized spacial score (nSPS) is 11.5. The molecule has 0 bridgehead atoms. The largest absolute Gasteiger partial charge is 0.478 e. The molecule has 0 aliphatic heterocycles. The molecule has 0 atom stereocenters. The minimum Gasteiger partial charge on any atom is -0.478 e. The van der Waals surface area contributed by atoms with Gasteiger partial charge in [-0.1, -0.05) is 131 Å². The molecule has 4 rings (SSSR count). The number of carboxylic acids is 2. The van der Waals surface area contributed by atoms with Crippen molar-refractivity contribution in [2.45, 2.75) is 122 Å². The van der Waals surface area contributed by atoms with Gasteiger partial charge in [0.05, 0.1) is 22.5 Å². The molecule has 0 unspecified atom stereocenters. The van der Waals surface area contributed by atoms with Crippen molar-refractivity contribution in [3.63, 3.8) is 0 Å². The number of rotatable bonds is 10. The summed E-state index contributed by atoms with van der Waals surface area (Å²) in [6, 6.07) is 14.5. The van der Waals surface area contributed by atoms with Crippen molar-refractivity contribution in [1.29, 1.82) is 0 Å². The van der Waals surface area contributed by atoms with Gasteiger partial charge in [0, 0.05) is 45.6 Å². The third kappa shape index (κ3) is 17.2. The van der Waals surface area contributed by atoms with Gasteiger partial charge in [-0.05, 0) is 93.9 Å². The van der Waals surface area contributed by atoms with Gasteiger partial charge in [-0.3, -0.25) is 9.97 Å². The van der Waals surface area contributed by atoms with Crippen LogP contribution in [0.4, 0.5) is 0 Å². The third-order valence-electron chi connectivity index (χ3n) is 8.81. The Morgan fingerprint density at radius 1 is 0.483 bits per heavy atom. The maximum absolute atomic E-state index is 12.3. The number of nitrogens with zero attached hydrogens (tertiary/aromatic N) is 2. The highest BCUT2D eigenvalue weighted by atomic mass is 35.5. The number of hydrogen-bond donors (Lipinski definition) is 4. The minimum absolute atomic E-state index is 0. The molecule has 0 aliphatic carbocycles. The number of carbonyl (C=O) groups is 2. The first-order valence-electron chi connectivity index (χ1n) is 19.1. The molecule has 60 heavy (non-hydrogen) atoms. The molecule has 0 spiro atoms. The molecule has 0 saturated heterocycles. The standard InChI is InChI=1S/2C23H31ClN2O2.4ClH/c2*1-22(2,3)11-17-16(13-25)19(14-7-9-15(24)10-8-14)20(21(27)28)18(26-17)12-23(4,5)6;;;;/h2*7-10H,11-13,25H2,1-6H3,(H,27,28);4*1H. The lowest BCUT2D eigenvalue weighted by Gasteiger charge is -2.26. The van der Waals surface area contributed by atoms with Gasteiger partial charge in [-0.2, -0.15) is 0 Å². The Labute approximate surface area is 393 Å². The van der Waals surface area contributed by atoms with Gasteiger partial charge in [0.25, 0.3) is 0 Å². The van der Waals surface area contributed by atoms with Crippen molar-refractivity contribution in [2.24, 2.45) is 33.1 Å². The van der Waals surface area contributed by atoms with Crippen LogP contribution >= 0.6 is 72.8 Å². The zero-order chi connectivity index (χ0) is 42.6. The number of aromatic carboxylic acids is 2. The Hall–Kier alpha value is -2.66. The van der Waals surface area contributed by atoms with E-state index < -0.39 is 11.9 Å². The summed E-state index contributed by atoms with van der Waals surface area (Å²) >= 11 is 12.1. The van der Waals surface area contributed by atoms with E-state index in [9.17, 15) is 19.8 Å². The molecular formula is C46H66Cl6N4O4. The number of pyridine rings is 2. The van der Waals surface area contributed by atoms with Crippen molar-refractivity contribution < 1.29 is 19.8 Å². The van der Waals surface area contributed by atoms with E-state index in [4.69, 9.17) is 44.6 Å². The van der Waals surface area contributed by atoms with Crippen LogP contribution in [0.2, 0.25) is 10.0 Å². The summed E-state index contributed by atoms with van der Waals surface area (Å²) in [6.45, 7) is 25.8. The van der Waals surface area contributed by atoms with Gasteiger partial charge < -0.3 is 21.7 Å². The van der Waals surface area contributed by atoms with E-state index in [2.05, 4.69) is 83.1 Å². The Morgan fingerprint density at radius 3 is 0.917 bits per heavy atom. The summed E-state index contributed by atoms with van der Waals surface area (Å²) < 4.78 is 0. The second-order valence-corrected chi connectivity index (χ2v) is 20.3.